The van der Waals surface area contributed by atoms with Gasteiger partial charge in [-0.05, 0) is 79.0 Å². The smallest absolute Gasteiger partial charge is 0.261 e. The van der Waals surface area contributed by atoms with Gasteiger partial charge < -0.3 is 19.7 Å². The molecule has 0 aromatic heterocycles. The quantitative estimate of drug-likeness (QED) is 0.488. The SMILES string of the molecule is CC[C@H](C(=O)NC(C)(C)C)N(Cc1ccc(OC)cc1)C(=O)COc1ccc(Cl)cc1Br. The maximum absolute atomic E-state index is 13.2. The lowest BCUT2D eigenvalue weighted by Crippen LogP contribution is -2.54. The van der Waals surface area contributed by atoms with Crippen molar-refractivity contribution < 1.29 is 19.1 Å². The molecule has 6 nitrogen and oxygen atoms in total. The lowest BCUT2D eigenvalue weighted by atomic mass is 10.1. The van der Waals surface area contributed by atoms with E-state index in [4.69, 9.17) is 21.1 Å². The fourth-order valence-electron chi connectivity index (χ4n) is 3.11. The van der Waals surface area contributed by atoms with Gasteiger partial charge in [0.1, 0.15) is 17.5 Å². The maximum atomic E-state index is 13.2. The van der Waals surface area contributed by atoms with E-state index >= 15 is 0 Å². The maximum Gasteiger partial charge on any atom is 0.261 e. The lowest BCUT2D eigenvalue weighted by molar-refractivity contribution is -0.143. The molecule has 32 heavy (non-hydrogen) atoms. The van der Waals surface area contributed by atoms with Crippen LogP contribution in [0.3, 0.4) is 0 Å². The summed E-state index contributed by atoms with van der Waals surface area (Å²) < 4.78 is 11.6. The molecule has 2 aromatic carbocycles. The highest BCUT2D eigenvalue weighted by atomic mass is 79.9. The van der Waals surface area contributed by atoms with E-state index in [1.807, 2.05) is 52.0 Å². The van der Waals surface area contributed by atoms with E-state index in [1.165, 1.54) is 0 Å². The predicted octanol–water partition coefficient (Wildman–Crippen LogP) is 5.21. The van der Waals surface area contributed by atoms with Gasteiger partial charge in [-0.25, -0.2) is 0 Å². The zero-order valence-electron chi connectivity index (χ0n) is 19.1. The number of hydrogen-bond donors (Lipinski definition) is 1. The highest BCUT2D eigenvalue weighted by Gasteiger charge is 2.31. The summed E-state index contributed by atoms with van der Waals surface area (Å²) in [5.74, 6) is 0.729. The first-order valence-electron chi connectivity index (χ1n) is 10.4. The molecule has 1 atom stereocenters. The van der Waals surface area contributed by atoms with Crippen LogP contribution in [-0.4, -0.2) is 42.0 Å². The molecular weight excluding hydrogens is 496 g/mol. The van der Waals surface area contributed by atoms with Crippen LogP contribution in [0.15, 0.2) is 46.9 Å². The van der Waals surface area contributed by atoms with Gasteiger partial charge in [-0.15, -0.1) is 0 Å². The number of benzene rings is 2. The van der Waals surface area contributed by atoms with Crippen molar-refractivity contribution in [1.29, 1.82) is 0 Å². The van der Waals surface area contributed by atoms with E-state index in [2.05, 4.69) is 21.2 Å². The Morgan fingerprint density at radius 1 is 1.16 bits per heavy atom. The third kappa shape index (κ3) is 7.71. The molecule has 0 fully saturated rings. The summed E-state index contributed by atoms with van der Waals surface area (Å²) in [6.45, 7) is 7.68. The van der Waals surface area contributed by atoms with Gasteiger partial charge in [0, 0.05) is 17.1 Å². The summed E-state index contributed by atoms with van der Waals surface area (Å²) in [7, 11) is 1.60. The molecule has 2 amide bonds. The average molecular weight is 526 g/mol. The molecule has 0 heterocycles. The molecule has 0 aliphatic carbocycles. The van der Waals surface area contributed by atoms with E-state index < -0.39 is 11.6 Å². The fourth-order valence-corrected chi connectivity index (χ4v) is 3.91. The molecule has 2 rings (SSSR count). The van der Waals surface area contributed by atoms with Crippen LogP contribution in [0.1, 0.15) is 39.7 Å². The molecule has 0 aliphatic rings. The minimum atomic E-state index is -0.638. The molecule has 0 unspecified atom stereocenters. The summed E-state index contributed by atoms with van der Waals surface area (Å²) in [6.07, 6.45) is 0.467. The van der Waals surface area contributed by atoms with Gasteiger partial charge in [-0.1, -0.05) is 30.7 Å². The Morgan fingerprint density at radius 2 is 1.81 bits per heavy atom. The predicted molar refractivity (Wildman–Crippen MR) is 130 cm³/mol. The summed E-state index contributed by atoms with van der Waals surface area (Å²) in [4.78, 5) is 27.8. The van der Waals surface area contributed by atoms with Gasteiger partial charge in [0.05, 0.1) is 11.6 Å². The zero-order valence-corrected chi connectivity index (χ0v) is 21.4. The first-order valence-corrected chi connectivity index (χ1v) is 11.5. The Kier molecular flexibility index (Phi) is 9.40. The molecule has 0 radical (unpaired) electrons. The number of carbonyl (C=O) groups is 2. The Bertz CT molecular complexity index is 929. The molecule has 0 bridgehead atoms. The van der Waals surface area contributed by atoms with Crippen LogP contribution in [0, 0.1) is 0 Å². The molecule has 0 spiro atoms. The largest absolute Gasteiger partial charge is 0.497 e. The normalized spacial score (nSPS) is 12.1. The number of carbonyl (C=O) groups excluding carboxylic acids is 2. The Morgan fingerprint density at radius 3 is 2.34 bits per heavy atom. The molecule has 1 N–H and O–H groups in total. The third-order valence-corrected chi connectivity index (χ3v) is 5.50. The van der Waals surface area contributed by atoms with Gasteiger partial charge in [0.2, 0.25) is 5.91 Å². The van der Waals surface area contributed by atoms with Crippen molar-refractivity contribution in [1.82, 2.24) is 10.2 Å². The highest BCUT2D eigenvalue weighted by Crippen LogP contribution is 2.28. The van der Waals surface area contributed by atoms with Gasteiger partial charge >= 0.3 is 0 Å². The number of hydrogen-bond acceptors (Lipinski definition) is 4. The Hall–Kier alpha value is -2.25. The number of methoxy groups -OCH3 is 1. The topological polar surface area (TPSA) is 67.9 Å². The highest BCUT2D eigenvalue weighted by molar-refractivity contribution is 9.10. The van der Waals surface area contributed by atoms with Crippen molar-refractivity contribution in [2.24, 2.45) is 0 Å². The van der Waals surface area contributed by atoms with Crippen molar-refractivity contribution in [2.45, 2.75) is 52.2 Å². The first-order chi connectivity index (χ1) is 15.0. The van der Waals surface area contributed by atoms with Crippen molar-refractivity contribution in [3.8, 4) is 11.5 Å². The summed E-state index contributed by atoms with van der Waals surface area (Å²) in [6, 6.07) is 11.9. The average Bonchev–Trinajstić information content (AvgIpc) is 2.72. The van der Waals surface area contributed by atoms with E-state index in [1.54, 1.807) is 30.2 Å². The zero-order chi connectivity index (χ0) is 23.9. The van der Waals surface area contributed by atoms with Gasteiger partial charge in [0.25, 0.3) is 5.91 Å². The van der Waals surface area contributed by atoms with Crippen LogP contribution in [0.5, 0.6) is 11.5 Å². The molecule has 2 aromatic rings. The van der Waals surface area contributed by atoms with Gasteiger partial charge in [-0.2, -0.15) is 0 Å². The molecule has 0 saturated carbocycles. The van der Waals surface area contributed by atoms with E-state index in [9.17, 15) is 9.59 Å². The molecule has 0 aliphatic heterocycles. The summed E-state index contributed by atoms with van der Waals surface area (Å²) in [5.41, 5.74) is 0.470. The van der Waals surface area contributed by atoms with Crippen LogP contribution in [0.25, 0.3) is 0 Å². The van der Waals surface area contributed by atoms with Crippen molar-refractivity contribution in [3.05, 3.63) is 57.5 Å². The minimum Gasteiger partial charge on any atom is -0.497 e. The molecular formula is C24H30BrClN2O4. The molecule has 8 heteroatoms. The minimum absolute atomic E-state index is 0.200. The van der Waals surface area contributed by atoms with Crippen molar-refractivity contribution in [2.75, 3.05) is 13.7 Å². The number of amides is 2. The standard InChI is InChI=1S/C24H30BrClN2O4/c1-6-20(23(30)27-24(2,3)4)28(14-16-7-10-18(31-5)11-8-16)22(29)15-32-21-12-9-17(26)13-19(21)25/h7-13,20H,6,14-15H2,1-5H3,(H,27,30)/t20-/m1/s1. The van der Waals surface area contributed by atoms with Crippen LogP contribution >= 0.6 is 27.5 Å². The van der Waals surface area contributed by atoms with Gasteiger partial charge in [-0.3, -0.25) is 9.59 Å². The third-order valence-electron chi connectivity index (χ3n) is 4.64. The Balaban J connectivity index is 2.25. The monoisotopic (exact) mass is 524 g/mol. The first kappa shape index (κ1) is 26.0. The molecule has 0 saturated heterocycles. The fraction of sp³-hybridized carbons (Fsp3) is 0.417. The van der Waals surface area contributed by atoms with Crippen molar-refractivity contribution in [3.63, 3.8) is 0 Å². The Labute approximate surface area is 203 Å². The van der Waals surface area contributed by atoms with Crippen molar-refractivity contribution >= 4 is 39.3 Å². The molecule has 174 valence electrons. The van der Waals surface area contributed by atoms with Crippen LogP contribution in [-0.2, 0) is 16.1 Å². The van der Waals surface area contributed by atoms with Crippen LogP contribution in [0.4, 0.5) is 0 Å². The number of ether oxygens (including phenoxy) is 2. The second-order valence-electron chi connectivity index (χ2n) is 8.40. The van der Waals surface area contributed by atoms with Crippen LogP contribution < -0.4 is 14.8 Å². The number of rotatable bonds is 9. The number of halogens is 2. The number of nitrogens with zero attached hydrogens (tertiary/aromatic N) is 1. The number of nitrogens with one attached hydrogen (secondary N) is 1. The second-order valence-corrected chi connectivity index (χ2v) is 9.69. The summed E-state index contributed by atoms with van der Waals surface area (Å²) >= 11 is 9.37. The second kappa shape index (κ2) is 11.6. The van der Waals surface area contributed by atoms with E-state index in [0.717, 1.165) is 11.3 Å². The van der Waals surface area contributed by atoms with E-state index in [0.29, 0.717) is 21.7 Å². The lowest BCUT2D eigenvalue weighted by Gasteiger charge is -2.33. The summed E-state index contributed by atoms with van der Waals surface area (Å²) in [5, 5.41) is 3.54. The van der Waals surface area contributed by atoms with Crippen LogP contribution in [0.2, 0.25) is 5.02 Å². The van der Waals surface area contributed by atoms with E-state index in [-0.39, 0.29) is 25.0 Å². The van der Waals surface area contributed by atoms with Gasteiger partial charge in [0.15, 0.2) is 6.61 Å².